The van der Waals surface area contributed by atoms with Crippen molar-refractivity contribution in [1.29, 1.82) is 0 Å². The average molecular weight is 240 g/mol. The molecule has 94 valence electrons. The summed E-state index contributed by atoms with van der Waals surface area (Å²) in [5, 5.41) is 0. The van der Waals surface area contributed by atoms with Crippen molar-refractivity contribution in [3.8, 4) is 0 Å². The highest BCUT2D eigenvalue weighted by molar-refractivity contribution is 5.51. The van der Waals surface area contributed by atoms with Crippen molar-refractivity contribution in [3.63, 3.8) is 0 Å². The topological polar surface area (TPSA) is 52.0 Å². The summed E-state index contributed by atoms with van der Waals surface area (Å²) in [4.78, 5) is 0. The van der Waals surface area contributed by atoms with Gasteiger partial charge in [0.25, 0.3) is 0 Å². The van der Waals surface area contributed by atoms with Crippen LogP contribution in [0.4, 0.5) is 11.4 Å². The molecule has 2 aromatic carbocycles. The number of hydrogen-bond acceptors (Lipinski definition) is 2. The smallest absolute Gasteiger partial charge is 0.0346 e. The highest BCUT2D eigenvalue weighted by Crippen LogP contribution is 2.20. The zero-order valence-corrected chi connectivity index (χ0v) is 11.0. The summed E-state index contributed by atoms with van der Waals surface area (Å²) in [6.07, 6.45) is 1.86. The molecule has 0 saturated carbocycles. The molecule has 0 aliphatic heterocycles. The van der Waals surface area contributed by atoms with Gasteiger partial charge in [-0.3, -0.25) is 0 Å². The number of nitrogens with two attached hydrogens (primary N) is 2. The number of rotatable bonds is 3. The Hall–Kier alpha value is -1.96. The second kappa shape index (κ2) is 5.13. The van der Waals surface area contributed by atoms with E-state index in [2.05, 4.69) is 26.0 Å². The molecule has 4 N–H and O–H groups in total. The highest BCUT2D eigenvalue weighted by atomic mass is 14.6. The molecule has 0 atom stereocenters. The molecule has 0 fully saturated rings. The predicted octanol–water partition coefficient (Wildman–Crippen LogP) is 3.25. The van der Waals surface area contributed by atoms with E-state index in [4.69, 9.17) is 11.5 Å². The van der Waals surface area contributed by atoms with Crippen molar-refractivity contribution >= 4 is 11.4 Å². The third kappa shape index (κ3) is 2.83. The summed E-state index contributed by atoms with van der Waals surface area (Å²) in [5.41, 5.74) is 18.6. The summed E-state index contributed by atoms with van der Waals surface area (Å²) < 4.78 is 0. The zero-order chi connectivity index (χ0) is 13.1. The van der Waals surface area contributed by atoms with Crippen LogP contribution in [0.2, 0.25) is 0 Å². The van der Waals surface area contributed by atoms with Crippen LogP contribution >= 0.6 is 0 Å². The molecular formula is C16H20N2. The minimum atomic E-state index is 0.867. The van der Waals surface area contributed by atoms with Crippen molar-refractivity contribution in [2.45, 2.75) is 26.7 Å². The Labute approximate surface area is 109 Å². The van der Waals surface area contributed by atoms with E-state index in [1.54, 1.807) is 0 Å². The van der Waals surface area contributed by atoms with Crippen LogP contribution in [0.15, 0.2) is 36.4 Å². The fourth-order valence-corrected chi connectivity index (χ4v) is 2.17. The first-order valence-corrected chi connectivity index (χ1v) is 6.26. The first kappa shape index (κ1) is 12.5. The Morgan fingerprint density at radius 2 is 1.11 bits per heavy atom. The van der Waals surface area contributed by atoms with Crippen molar-refractivity contribution in [2.75, 3.05) is 11.5 Å². The van der Waals surface area contributed by atoms with E-state index in [1.807, 2.05) is 24.3 Å². The molecule has 0 radical (unpaired) electrons. The van der Waals surface area contributed by atoms with Gasteiger partial charge < -0.3 is 11.5 Å². The van der Waals surface area contributed by atoms with Crippen LogP contribution in [0.1, 0.15) is 22.3 Å². The van der Waals surface area contributed by atoms with Gasteiger partial charge in [-0.25, -0.2) is 0 Å². The Kier molecular flexibility index (Phi) is 3.56. The molecule has 0 amide bonds. The van der Waals surface area contributed by atoms with E-state index in [0.29, 0.717) is 0 Å². The van der Waals surface area contributed by atoms with Gasteiger partial charge >= 0.3 is 0 Å². The van der Waals surface area contributed by atoms with Gasteiger partial charge in [0.05, 0.1) is 0 Å². The summed E-state index contributed by atoms with van der Waals surface area (Å²) in [6, 6.07) is 12.3. The standard InChI is InChI=1S/C16H20N2/c1-11-3-7-15(17)13(9-11)5-6-14-10-12(2)4-8-16(14)18/h3-4,7-10H,5-6,17-18H2,1-2H3. The van der Waals surface area contributed by atoms with Crippen LogP contribution in [0.5, 0.6) is 0 Å². The SMILES string of the molecule is Cc1ccc(N)c(CCc2cc(C)ccc2N)c1. The van der Waals surface area contributed by atoms with Crippen molar-refractivity contribution < 1.29 is 0 Å². The molecule has 0 spiro atoms. The lowest BCUT2D eigenvalue weighted by atomic mass is 9.99. The predicted molar refractivity (Wildman–Crippen MR) is 78.6 cm³/mol. The van der Waals surface area contributed by atoms with Gasteiger partial charge in [-0.1, -0.05) is 35.4 Å². The Balaban J connectivity index is 2.16. The highest BCUT2D eigenvalue weighted by Gasteiger charge is 2.03. The van der Waals surface area contributed by atoms with Gasteiger partial charge in [0.1, 0.15) is 0 Å². The second-order valence-corrected chi connectivity index (χ2v) is 4.90. The summed E-state index contributed by atoms with van der Waals surface area (Å²) >= 11 is 0. The van der Waals surface area contributed by atoms with Gasteiger partial charge in [-0.2, -0.15) is 0 Å². The zero-order valence-electron chi connectivity index (χ0n) is 11.0. The molecule has 2 aromatic rings. The minimum Gasteiger partial charge on any atom is -0.399 e. The molecule has 0 aliphatic rings. The normalized spacial score (nSPS) is 10.6. The molecule has 0 heterocycles. The molecule has 0 unspecified atom stereocenters. The maximum Gasteiger partial charge on any atom is 0.0346 e. The van der Waals surface area contributed by atoms with Crippen molar-refractivity contribution in [2.24, 2.45) is 0 Å². The lowest BCUT2D eigenvalue weighted by Gasteiger charge is -2.09. The molecule has 0 saturated heterocycles. The van der Waals surface area contributed by atoms with Gasteiger partial charge in [-0.15, -0.1) is 0 Å². The van der Waals surface area contributed by atoms with Gasteiger partial charge in [0.15, 0.2) is 0 Å². The van der Waals surface area contributed by atoms with E-state index >= 15 is 0 Å². The molecule has 2 nitrogen and oxygen atoms in total. The first-order chi connectivity index (χ1) is 8.56. The van der Waals surface area contributed by atoms with Crippen molar-refractivity contribution in [3.05, 3.63) is 58.7 Å². The van der Waals surface area contributed by atoms with Crippen LogP contribution < -0.4 is 11.5 Å². The molecule has 18 heavy (non-hydrogen) atoms. The summed E-state index contributed by atoms with van der Waals surface area (Å²) in [6.45, 7) is 4.17. The largest absolute Gasteiger partial charge is 0.399 e. The van der Waals surface area contributed by atoms with Gasteiger partial charge in [0, 0.05) is 11.4 Å². The van der Waals surface area contributed by atoms with Crippen LogP contribution in [0, 0.1) is 13.8 Å². The van der Waals surface area contributed by atoms with Gasteiger partial charge in [-0.05, 0) is 49.9 Å². The maximum atomic E-state index is 5.99. The number of benzene rings is 2. The Morgan fingerprint density at radius 1 is 0.722 bits per heavy atom. The van der Waals surface area contributed by atoms with E-state index < -0.39 is 0 Å². The summed E-state index contributed by atoms with van der Waals surface area (Å²) in [7, 11) is 0. The lowest BCUT2D eigenvalue weighted by molar-refractivity contribution is 0.961. The second-order valence-electron chi connectivity index (χ2n) is 4.90. The molecule has 0 aliphatic carbocycles. The third-order valence-corrected chi connectivity index (χ3v) is 3.26. The summed E-state index contributed by atoms with van der Waals surface area (Å²) in [5.74, 6) is 0. The molecule has 2 heteroatoms. The van der Waals surface area contributed by atoms with E-state index in [9.17, 15) is 0 Å². The van der Waals surface area contributed by atoms with Crippen LogP contribution in [0.3, 0.4) is 0 Å². The number of aryl methyl sites for hydroxylation is 4. The number of hydrogen-bond donors (Lipinski definition) is 2. The van der Waals surface area contributed by atoms with E-state index in [-0.39, 0.29) is 0 Å². The third-order valence-electron chi connectivity index (χ3n) is 3.26. The van der Waals surface area contributed by atoms with Crippen molar-refractivity contribution in [1.82, 2.24) is 0 Å². The van der Waals surface area contributed by atoms with E-state index in [0.717, 1.165) is 24.2 Å². The number of nitrogen functional groups attached to an aromatic ring is 2. The fraction of sp³-hybridized carbons (Fsp3) is 0.250. The van der Waals surface area contributed by atoms with Crippen LogP contribution in [-0.4, -0.2) is 0 Å². The molecule has 0 bridgehead atoms. The van der Waals surface area contributed by atoms with E-state index in [1.165, 1.54) is 22.3 Å². The maximum absolute atomic E-state index is 5.99. The molecule has 0 aromatic heterocycles. The van der Waals surface area contributed by atoms with Gasteiger partial charge in [0.2, 0.25) is 0 Å². The quantitative estimate of drug-likeness (QED) is 0.809. The molecule has 2 rings (SSSR count). The lowest BCUT2D eigenvalue weighted by Crippen LogP contribution is -2.00. The van der Waals surface area contributed by atoms with Crippen LogP contribution in [0.25, 0.3) is 0 Å². The first-order valence-electron chi connectivity index (χ1n) is 6.26. The monoisotopic (exact) mass is 240 g/mol. The fourth-order valence-electron chi connectivity index (χ4n) is 2.17. The molecular weight excluding hydrogens is 220 g/mol. The average Bonchev–Trinajstić information content (AvgIpc) is 2.34. The van der Waals surface area contributed by atoms with Crippen LogP contribution in [-0.2, 0) is 12.8 Å². The Morgan fingerprint density at radius 3 is 1.50 bits per heavy atom. The minimum absolute atomic E-state index is 0.867. The number of anilines is 2. The Bertz CT molecular complexity index is 508.